The van der Waals surface area contributed by atoms with Crippen LogP contribution in [-0.4, -0.2) is 4.98 Å². The molecule has 238 valence electrons. The number of nitrogens with one attached hydrogen (secondary N) is 1. The number of hydrogen-bond acceptors (Lipinski definition) is 0. The van der Waals surface area contributed by atoms with Gasteiger partial charge in [-0.3, -0.25) is 0 Å². The average molecular weight is 586 g/mol. The maximum Gasteiger partial charge on any atom is 0.258 e. The van der Waals surface area contributed by atoms with Crippen molar-refractivity contribution >= 4 is 0 Å². The minimum absolute atomic E-state index is 0.00849. The van der Waals surface area contributed by atoms with Gasteiger partial charge in [0, 0.05) is 5.41 Å². The first-order chi connectivity index (χ1) is 21.2. The van der Waals surface area contributed by atoms with Gasteiger partial charge in [0.25, 0.3) is 5.82 Å². The average Bonchev–Trinajstić information content (AvgIpc) is 3.50. The van der Waals surface area contributed by atoms with E-state index >= 15 is 0 Å². The summed E-state index contributed by atoms with van der Waals surface area (Å²) in [5.74, 6) is 1.87. The van der Waals surface area contributed by atoms with Gasteiger partial charge in [0.2, 0.25) is 0 Å². The zero-order valence-electron chi connectivity index (χ0n) is 28.3. The van der Waals surface area contributed by atoms with Crippen molar-refractivity contribution in [3.8, 4) is 0 Å². The molecule has 2 aromatic carbocycles. The quantitative estimate of drug-likeness (QED) is 0.0753. The van der Waals surface area contributed by atoms with Crippen molar-refractivity contribution in [1.29, 1.82) is 0 Å². The Hall–Kier alpha value is -2.35. The maximum absolute atomic E-state index is 3.78. The highest BCUT2D eigenvalue weighted by atomic mass is 15.1. The summed E-state index contributed by atoms with van der Waals surface area (Å²) in [5.41, 5.74) is 2.90. The number of benzene rings is 2. The Bertz CT molecular complexity index is 1060. The van der Waals surface area contributed by atoms with E-state index in [-0.39, 0.29) is 5.41 Å². The molecule has 0 amide bonds. The first-order valence-corrected chi connectivity index (χ1v) is 18.3. The van der Waals surface area contributed by atoms with Crippen LogP contribution in [0.5, 0.6) is 0 Å². The number of unbranched alkanes of at least 4 members (excludes halogenated alkanes) is 16. The number of aromatic amines is 1. The molecule has 0 saturated heterocycles. The Balaban J connectivity index is 1.65. The topological polar surface area (TPSA) is 19.7 Å². The van der Waals surface area contributed by atoms with E-state index in [4.69, 9.17) is 0 Å². The van der Waals surface area contributed by atoms with Crippen LogP contribution in [0.4, 0.5) is 0 Å². The lowest BCUT2D eigenvalue weighted by atomic mass is 9.66. The molecule has 0 radical (unpaired) electrons. The van der Waals surface area contributed by atoms with Crippen LogP contribution in [-0.2, 0) is 18.4 Å². The molecule has 2 unspecified atom stereocenters. The molecule has 0 fully saturated rings. The minimum atomic E-state index is 0.00849. The van der Waals surface area contributed by atoms with E-state index in [1.165, 1.54) is 139 Å². The lowest BCUT2D eigenvalue weighted by molar-refractivity contribution is -0.705. The monoisotopic (exact) mass is 586 g/mol. The molecule has 0 spiro atoms. The van der Waals surface area contributed by atoms with Crippen molar-refractivity contribution in [1.82, 2.24) is 4.98 Å². The molecule has 2 nitrogen and oxygen atoms in total. The SMILES string of the molecule is CCCCCCCCCCCCCCCC(c1[nH]cc[n+]1CCCCCCC)C(C)(Cc1ccccc1)c1ccccc1. The Morgan fingerprint density at radius 2 is 1.09 bits per heavy atom. The fourth-order valence-corrected chi connectivity index (χ4v) is 7.15. The predicted octanol–water partition coefficient (Wildman–Crippen LogP) is 12.0. The van der Waals surface area contributed by atoms with E-state index in [0.29, 0.717) is 5.92 Å². The van der Waals surface area contributed by atoms with Gasteiger partial charge in [-0.2, -0.15) is 0 Å². The molecule has 0 aliphatic rings. The largest absolute Gasteiger partial charge is 0.258 e. The molecular formula is C41H65N2+. The molecule has 2 heteroatoms. The zero-order chi connectivity index (χ0) is 30.4. The molecule has 3 aromatic rings. The standard InChI is InChI=1S/C41H64N2/c1-4-6-8-10-11-12-13-14-15-16-17-18-26-32-39(40-42-33-35-43(40)34-27-19-9-7-5-2)41(3,38-30-24-21-25-31-38)36-37-28-22-20-23-29-37/h20-25,28-31,33,35,39H,4-19,26-27,32,34,36H2,1-3H3/p+1. The number of H-pyrrole nitrogens is 1. The van der Waals surface area contributed by atoms with Gasteiger partial charge >= 0.3 is 0 Å². The predicted molar refractivity (Wildman–Crippen MR) is 187 cm³/mol. The molecule has 0 bridgehead atoms. The van der Waals surface area contributed by atoms with Gasteiger partial charge in [0.05, 0.1) is 12.5 Å². The summed E-state index contributed by atoms with van der Waals surface area (Å²) in [5, 5.41) is 0. The number of rotatable bonds is 25. The Morgan fingerprint density at radius 1 is 0.605 bits per heavy atom. The van der Waals surface area contributed by atoms with Crippen molar-refractivity contribution in [2.75, 3.05) is 0 Å². The summed E-state index contributed by atoms with van der Waals surface area (Å²) in [7, 11) is 0. The molecule has 2 atom stereocenters. The van der Waals surface area contributed by atoms with Crippen LogP contribution >= 0.6 is 0 Å². The van der Waals surface area contributed by atoms with Crippen LogP contribution in [0.15, 0.2) is 73.1 Å². The van der Waals surface area contributed by atoms with Crippen molar-refractivity contribution in [3.05, 3.63) is 90.0 Å². The summed E-state index contributed by atoms with van der Waals surface area (Å²) in [4.78, 5) is 3.78. The van der Waals surface area contributed by atoms with Gasteiger partial charge in [-0.1, -0.05) is 184 Å². The highest BCUT2D eigenvalue weighted by Crippen LogP contribution is 2.43. The summed E-state index contributed by atoms with van der Waals surface area (Å²) < 4.78 is 2.56. The third kappa shape index (κ3) is 12.7. The van der Waals surface area contributed by atoms with Crippen LogP contribution in [0.3, 0.4) is 0 Å². The van der Waals surface area contributed by atoms with Crippen LogP contribution < -0.4 is 4.57 Å². The van der Waals surface area contributed by atoms with E-state index in [0.717, 1.165) is 13.0 Å². The normalized spacial score (nSPS) is 13.7. The Kier molecular flexibility index (Phi) is 17.5. The molecule has 43 heavy (non-hydrogen) atoms. The van der Waals surface area contributed by atoms with Crippen molar-refractivity contribution in [3.63, 3.8) is 0 Å². The molecule has 0 saturated carbocycles. The molecule has 3 rings (SSSR count). The number of nitrogens with zero attached hydrogens (tertiary/aromatic N) is 1. The fourth-order valence-electron chi connectivity index (χ4n) is 7.15. The van der Waals surface area contributed by atoms with Gasteiger partial charge in [0.15, 0.2) is 0 Å². The molecule has 0 aliphatic heterocycles. The summed E-state index contributed by atoms with van der Waals surface area (Å²) in [6.45, 7) is 8.26. The van der Waals surface area contributed by atoms with Gasteiger partial charge in [-0.05, 0) is 36.8 Å². The van der Waals surface area contributed by atoms with Crippen LogP contribution in [0.2, 0.25) is 0 Å². The van der Waals surface area contributed by atoms with Crippen molar-refractivity contribution < 1.29 is 4.57 Å². The number of aryl methyl sites for hydroxylation is 1. The summed E-state index contributed by atoms with van der Waals surface area (Å²) in [6.07, 6.45) is 31.6. The molecule has 1 N–H and O–H groups in total. The third-order valence-electron chi connectivity index (χ3n) is 9.84. The van der Waals surface area contributed by atoms with Crippen molar-refractivity contribution in [2.45, 2.75) is 167 Å². The Labute approximate surface area is 266 Å². The first kappa shape index (κ1) is 35.1. The second-order valence-electron chi connectivity index (χ2n) is 13.5. The van der Waals surface area contributed by atoms with Gasteiger partial charge in [-0.15, -0.1) is 0 Å². The number of aromatic nitrogens is 2. The molecule has 0 aliphatic carbocycles. The smallest absolute Gasteiger partial charge is 0.247 e. The lowest BCUT2D eigenvalue weighted by Crippen LogP contribution is -2.43. The lowest BCUT2D eigenvalue weighted by Gasteiger charge is -2.37. The fraction of sp³-hybridized carbons (Fsp3) is 0.634. The first-order valence-electron chi connectivity index (χ1n) is 18.3. The maximum atomic E-state index is 3.78. The summed E-state index contributed by atoms with van der Waals surface area (Å²) >= 11 is 0. The second kappa shape index (κ2) is 21.4. The Morgan fingerprint density at radius 3 is 1.65 bits per heavy atom. The van der Waals surface area contributed by atoms with E-state index < -0.39 is 0 Å². The number of hydrogen-bond donors (Lipinski definition) is 1. The van der Waals surface area contributed by atoms with E-state index in [1.54, 1.807) is 0 Å². The van der Waals surface area contributed by atoms with Crippen LogP contribution in [0, 0.1) is 0 Å². The third-order valence-corrected chi connectivity index (χ3v) is 9.84. The molecule has 1 aromatic heterocycles. The van der Waals surface area contributed by atoms with E-state index in [1.807, 2.05) is 0 Å². The van der Waals surface area contributed by atoms with E-state index in [9.17, 15) is 0 Å². The highest BCUT2D eigenvalue weighted by molar-refractivity contribution is 5.32. The summed E-state index contributed by atoms with van der Waals surface area (Å²) in [6, 6.07) is 22.6. The van der Waals surface area contributed by atoms with E-state index in [2.05, 4.69) is 103 Å². The van der Waals surface area contributed by atoms with Gasteiger partial charge < -0.3 is 0 Å². The minimum Gasteiger partial charge on any atom is -0.247 e. The van der Waals surface area contributed by atoms with Crippen LogP contribution in [0.1, 0.15) is 166 Å². The van der Waals surface area contributed by atoms with Gasteiger partial charge in [0.1, 0.15) is 12.4 Å². The molecule has 1 heterocycles. The second-order valence-corrected chi connectivity index (χ2v) is 13.5. The van der Waals surface area contributed by atoms with Crippen molar-refractivity contribution in [2.24, 2.45) is 0 Å². The molecular weight excluding hydrogens is 520 g/mol. The number of imidazole rings is 1. The van der Waals surface area contributed by atoms with Gasteiger partial charge in [-0.25, -0.2) is 9.55 Å². The highest BCUT2D eigenvalue weighted by Gasteiger charge is 2.41. The zero-order valence-corrected chi connectivity index (χ0v) is 28.3. The van der Waals surface area contributed by atoms with Crippen LogP contribution in [0.25, 0.3) is 0 Å².